The van der Waals surface area contributed by atoms with E-state index in [0.717, 1.165) is 17.8 Å². The van der Waals surface area contributed by atoms with Crippen molar-refractivity contribution in [3.63, 3.8) is 0 Å². The van der Waals surface area contributed by atoms with Crippen molar-refractivity contribution in [3.05, 3.63) is 59.9 Å². The normalized spacial score (nSPS) is 9.78. The molecule has 1 amide bonds. The number of aromatic nitrogens is 1. The molecule has 0 fully saturated rings. The summed E-state index contributed by atoms with van der Waals surface area (Å²) in [4.78, 5) is 14.2. The predicted octanol–water partition coefficient (Wildman–Crippen LogP) is 1.94. The van der Waals surface area contributed by atoms with E-state index in [9.17, 15) is 4.79 Å². The maximum absolute atomic E-state index is 10.2. The van der Waals surface area contributed by atoms with Crippen molar-refractivity contribution in [1.29, 1.82) is 0 Å². The van der Waals surface area contributed by atoms with Gasteiger partial charge >= 0.3 is 0 Å². The van der Waals surface area contributed by atoms with Gasteiger partial charge in [0.15, 0.2) is 0 Å². The van der Waals surface area contributed by atoms with E-state index < -0.39 is 0 Å². The highest BCUT2D eigenvalue weighted by Crippen LogP contribution is 2.11. The Hall–Kier alpha value is -2.36. The number of nitrogens with one attached hydrogen (secondary N) is 2. The topological polar surface area (TPSA) is 54.0 Å². The van der Waals surface area contributed by atoms with Crippen LogP contribution in [0.2, 0.25) is 0 Å². The summed E-state index contributed by atoms with van der Waals surface area (Å²) in [5, 5.41) is 5.98. The molecule has 0 saturated heterocycles. The van der Waals surface area contributed by atoms with Crippen molar-refractivity contribution >= 4 is 12.1 Å². The first kappa shape index (κ1) is 12.1. The summed E-state index contributed by atoms with van der Waals surface area (Å²) in [5.41, 5.74) is 3.29. The summed E-state index contributed by atoms with van der Waals surface area (Å²) >= 11 is 0. The Bertz CT molecular complexity index is 499. The summed E-state index contributed by atoms with van der Waals surface area (Å²) in [5.74, 6) is 0. The second-order valence-electron chi connectivity index (χ2n) is 3.91. The molecule has 0 spiro atoms. The summed E-state index contributed by atoms with van der Waals surface area (Å²) < 4.78 is 0. The van der Waals surface area contributed by atoms with Crippen molar-refractivity contribution in [1.82, 2.24) is 10.3 Å². The molecule has 0 bridgehead atoms. The van der Waals surface area contributed by atoms with Crippen molar-refractivity contribution in [2.24, 2.45) is 0 Å². The zero-order valence-corrected chi connectivity index (χ0v) is 9.97. The van der Waals surface area contributed by atoms with Crippen LogP contribution in [0.1, 0.15) is 11.1 Å². The fourth-order valence-electron chi connectivity index (χ4n) is 1.66. The van der Waals surface area contributed by atoms with Crippen LogP contribution < -0.4 is 10.6 Å². The molecule has 0 unspecified atom stereocenters. The summed E-state index contributed by atoms with van der Waals surface area (Å²) in [6, 6.07) is 11.9. The van der Waals surface area contributed by atoms with Crippen LogP contribution in [-0.2, 0) is 17.9 Å². The number of benzene rings is 1. The van der Waals surface area contributed by atoms with Crippen LogP contribution >= 0.6 is 0 Å². The van der Waals surface area contributed by atoms with Crippen LogP contribution in [0, 0.1) is 0 Å². The van der Waals surface area contributed by atoms with Gasteiger partial charge in [0.05, 0.1) is 0 Å². The second-order valence-corrected chi connectivity index (χ2v) is 3.91. The molecule has 0 radical (unpaired) electrons. The van der Waals surface area contributed by atoms with E-state index in [4.69, 9.17) is 0 Å². The van der Waals surface area contributed by atoms with Gasteiger partial charge in [0, 0.05) is 31.2 Å². The van der Waals surface area contributed by atoms with Gasteiger partial charge in [-0.3, -0.25) is 9.78 Å². The first-order valence-electron chi connectivity index (χ1n) is 5.77. The minimum atomic E-state index is 0.550. The number of amides is 1. The molecular formula is C14H15N3O. The highest BCUT2D eigenvalue weighted by atomic mass is 16.1. The summed E-state index contributed by atoms with van der Waals surface area (Å²) in [6.45, 7) is 1.31. The minimum Gasteiger partial charge on any atom is -0.381 e. The highest BCUT2D eigenvalue weighted by Gasteiger charge is 1.96. The molecule has 0 saturated carbocycles. The lowest BCUT2D eigenvalue weighted by Crippen LogP contribution is -2.09. The third kappa shape index (κ3) is 3.59. The third-order valence-electron chi connectivity index (χ3n) is 2.56. The van der Waals surface area contributed by atoms with E-state index in [2.05, 4.69) is 15.6 Å². The lowest BCUT2D eigenvalue weighted by Gasteiger charge is -2.08. The van der Waals surface area contributed by atoms with Crippen molar-refractivity contribution in [3.8, 4) is 0 Å². The zero-order valence-electron chi connectivity index (χ0n) is 9.97. The molecule has 4 nitrogen and oxygen atoms in total. The molecule has 18 heavy (non-hydrogen) atoms. The van der Waals surface area contributed by atoms with E-state index in [1.54, 1.807) is 12.4 Å². The Morgan fingerprint density at radius 3 is 2.67 bits per heavy atom. The van der Waals surface area contributed by atoms with Gasteiger partial charge < -0.3 is 10.6 Å². The van der Waals surface area contributed by atoms with E-state index in [0.29, 0.717) is 13.0 Å². The van der Waals surface area contributed by atoms with Gasteiger partial charge in [0.1, 0.15) is 0 Å². The van der Waals surface area contributed by atoms with E-state index in [1.807, 2.05) is 36.4 Å². The minimum absolute atomic E-state index is 0.550. The summed E-state index contributed by atoms with van der Waals surface area (Å²) in [6.07, 6.45) is 4.26. The molecular weight excluding hydrogens is 226 g/mol. The van der Waals surface area contributed by atoms with Crippen LogP contribution in [0.25, 0.3) is 0 Å². The Morgan fingerprint density at radius 1 is 1.06 bits per heavy atom. The molecule has 0 aliphatic rings. The molecule has 0 aliphatic carbocycles. The maximum atomic E-state index is 10.2. The van der Waals surface area contributed by atoms with Gasteiger partial charge in [0.2, 0.25) is 6.41 Å². The Morgan fingerprint density at radius 2 is 1.89 bits per heavy atom. The molecule has 2 rings (SSSR count). The smallest absolute Gasteiger partial charge is 0.207 e. The zero-order chi connectivity index (χ0) is 12.6. The van der Waals surface area contributed by atoms with Crippen LogP contribution in [0.4, 0.5) is 5.69 Å². The monoisotopic (exact) mass is 241 g/mol. The number of pyridine rings is 1. The lowest BCUT2D eigenvalue weighted by atomic mass is 10.2. The molecule has 92 valence electrons. The van der Waals surface area contributed by atoms with Gasteiger partial charge in [-0.1, -0.05) is 12.1 Å². The number of hydrogen-bond donors (Lipinski definition) is 2. The average Bonchev–Trinajstić information content (AvgIpc) is 2.44. The number of nitrogens with zero attached hydrogens (tertiary/aromatic N) is 1. The molecule has 2 N–H and O–H groups in total. The number of carbonyl (C=O) groups is 1. The molecule has 1 aromatic heterocycles. The van der Waals surface area contributed by atoms with Crippen molar-refractivity contribution < 1.29 is 4.79 Å². The van der Waals surface area contributed by atoms with Gasteiger partial charge in [-0.25, -0.2) is 0 Å². The molecule has 1 aromatic carbocycles. The third-order valence-corrected chi connectivity index (χ3v) is 2.56. The van der Waals surface area contributed by atoms with Crippen LogP contribution in [0.5, 0.6) is 0 Å². The Labute approximate surface area is 106 Å². The van der Waals surface area contributed by atoms with E-state index in [1.165, 1.54) is 5.56 Å². The van der Waals surface area contributed by atoms with Gasteiger partial charge in [-0.15, -0.1) is 0 Å². The number of rotatable bonds is 6. The van der Waals surface area contributed by atoms with Crippen molar-refractivity contribution in [2.75, 3.05) is 5.32 Å². The molecule has 2 aromatic rings. The lowest BCUT2D eigenvalue weighted by molar-refractivity contribution is -0.109. The molecule has 1 heterocycles. The second kappa shape index (κ2) is 6.39. The predicted molar refractivity (Wildman–Crippen MR) is 70.9 cm³/mol. The quantitative estimate of drug-likeness (QED) is 0.760. The molecule has 4 heteroatoms. The Balaban J connectivity index is 1.95. The van der Waals surface area contributed by atoms with E-state index in [-0.39, 0.29) is 0 Å². The number of carbonyl (C=O) groups excluding carboxylic acids is 1. The van der Waals surface area contributed by atoms with Gasteiger partial charge in [-0.05, 0) is 35.4 Å². The van der Waals surface area contributed by atoms with E-state index >= 15 is 0 Å². The molecule has 0 atom stereocenters. The van der Waals surface area contributed by atoms with Crippen LogP contribution in [0.3, 0.4) is 0 Å². The Kier molecular flexibility index (Phi) is 4.30. The van der Waals surface area contributed by atoms with Gasteiger partial charge in [0.25, 0.3) is 0 Å². The average molecular weight is 241 g/mol. The van der Waals surface area contributed by atoms with Crippen LogP contribution in [-0.4, -0.2) is 11.4 Å². The number of hydrogen-bond acceptors (Lipinski definition) is 3. The standard InChI is InChI=1S/C14H15N3O/c18-11-16-9-13-2-1-3-14(8-13)17-10-12-4-6-15-7-5-12/h1-8,11,17H,9-10H2,(H,16,18). The van der Waals surface area contributed by atoms with Crippen molar-refractivity contribution in [2.45, 2.75) is 13.1 Å². The SMILES string of the molecule is O=CNCc1cccc(NCc2ccncc2)c1. The first-order valence-corrected chi connectivity index (χ1v) is 5.77. The van der Waals surface area contributed by atoms with Crippen LogP contribution in [0.15, 0.2) is 48.8 Å². The largest absolute Gasteiger partial charge is 0.381 e. The molecule has 0 aliphatic heterocycles. The summed E-state index contributed by atoms with van der Waals surface area (Å²) in [7, 11) is 0. The first-order chi connectivity index (χ1) is 8.88. The fraction of sp³-hybridized carbons (Fsp3) is 0.143. The maximum Gasteiger partial charge on any atom is 0.207 e. The number of anilines is 1. The van der Waals surface area contributed by atoms with Gasteiger partial charge in [-0.2, -0.15) is 0 Å². The highest BCUT2D eigenvalue weighted by molar-refractivity contribution is 5.49. The fourth-order valence-corrected chi connectivity index (χ4v) is 1.66.